The van der Waals surface area contributed by atoms with Crippen LogP contribution >= 0.6 is 12.4 Å². The molecule has 3 N–H and O–H groups in total. The minimum Gasteiger partial charge on any atom is -0.493 e. The van der Waals surface area contributed by atoms with Gasteiger partial charge in [-0.3, -0.25) is 14.4 Å². The van der Waals surface area contributed by atoms with Crippen molar-refractivity contribution in [1.82, 2.24) is 20.9 Å². The van der Waals surface area contributed by atoms with Crippen LogP contribution < -0.4 is 25.4 Å². The molecule has 0 unspecified atom stereocenters. The van der Waals surface area contributed by atoms with Crippen molar-refractivity contribution in [3.63, 3.8) is 0 Å². The Hall–Kier alpha value is -3.44. The molecule has 1 fully saturated rings. The highest BCUT2D eigenvalue weighted by atomic mass is 35.5. The van der Waals surface area contributed by atoms with Crippen molar-refractivity contribution in [2.75, 3.05) is 39.8 Å². The highest BCUT2D eigenvalue weighted by Crippen LogP contribution is 2.30. The number of hydrogen-bond donors (Lipinski definition) is 3. The topological polar surface area (TPSA) is 109 Å². The van der Waals surface area contributed by atoms with Gasteiger partial charge in [0.1, 0.15) is 17.7 Å². The predicted octanol–water partition coefficient (Wildman–Crippen LogP) is 2.68. The molecule has 9 nitrogen and oxygen atoms in total. The van der Waals surface area contributed by atoms with Crippen LogP contribution in [0.5, 0.6) is 11.5 Å². The van der Waals surface area contributed by atoms with Crippen LogP contribution in [0.15, 0.2) is 36.4 Å². The van der Waals surface area contributed by atoms with Gasteiger partial charge in [0.05, 0.1) is 13.2 Å². The van der Waals surface area contributed by atoms with Crippen LogP contribution in [0.4, 0.5) is 8.78 Å². The van der Waals surface area contributed by atoms with Gasteiger partial charge in [-0.2, -0.15) is 0 Å². The number of methoxy groups -OCH3 is 1. The van der Waals surface area contributed by atoms with Gasteiger partial charge >= 0.3 is 0 Å². The standard InChI is InChI=1S/C27H32F2N4O5.ClH/c1-37-23-6-5-17-13-24(23)38-21-15-22(32-16-21)26(35)31-7-2-3-9-33(10-4-8-30-25(17)34)27(36)18-11-19(28)14-20(29)12-18;/h5-6,11-14,21-22,32H,2-4,7-10,15-16H2,1H3,(H,30,34)(H,31,35);1H/t21-,22-;/m0./s1. The second-order valence-electron chi connectivity index (χ2n) is 9.36. The van der Waals surface area contributed by atoms with Gasteiger partial charge in [-0.05, 0) is 49.6 Å². The van der Waals surface area contributed by atoms with Gasteiger partial charge in [-0.25, -0.2) is 8.78 Å². The molecule has 2 aromatic carbocycles. The zero-order valence-corrected chi connectivity index (χ0v) is 22.5. The third kappa shape index (κ3) is 8.03. The number of fused-ring (bicyclic) bond motifs is 4. The van der Waals surface area contributed by atoms with Crippen molar-refractivity contribution in [2.24, 2.45) is 0 Å². The summed E-state index contributed by atoms with van der Waals surface area (Å²) in [5.74, 6) is -1.73. The molecule has 0 aromatic heterocycles. The summed E-state index contributed by atoms with van der Waals surface area (Å²) in [4.78, 5) is 40.0. The van der Waals surface area contributed by atoms with Crippen molar-refractivity contribution in [3.8, 4) is 11.5 Å². The Kier molecular flexibility index (Phi) is 10.9. The van der Waals surface area contributed by atoms with Crippen LogP contribution in [0.25, 0.3) is 0 Å². The van der Waals surface area contributed by atoms with E-state index in [1.807, 2.05) is 0 Å². The largest absolute Gasteiger partial charge is 0.493 e. The lowest BCUT2D eigenvalue weighted by molar-refractivity contribution is -0.122. The molecule has 4 rings (SSSR count). The molecular weight excluding hydrogens is 534 g/mol. The molecule has 1 saturated heterocycles. The number of nitrogens with one attached hydrogen (secondary N) is 3. The van der Waals surface area contributed by atoms with E-state index in [9.17, 15) is 23.2 Å². The second-order valence-corrected chi connectivity index (χ2v) is 9.36. The van der Waals surface area contributed by atoms with Gasteiger partial charge in [0.2, 0.25) is 5.91 Å². The van der Waals surface area contributed by atoms with Crippen LogP contribution in [0, 0.1) is 11.6 Å². The van der Waals surface area contributed by atoms with Gasteiger partial charge < -0.3 is 30.3 Å². The summed E-state index contributed by atoms with van der Waals surface area (Å²) in [5, 5.41) is 8.91. The minimum atomic E-state index is -0.828. The number of rotatable bonds is 2. The SMILES string of the molecule is COc1ccc2cc1O[C@@H]1CN[C@@H](C1)C(=O)NCCCCN(C(=O)c1cc(F)cc(F)c1)CCCNC2=O.Cl. The summed E-state index contributed by atoms with van der Waals surface area (Å²) in [5.41, 5.74) is 0.299. The number of hydrogen-bond acceptors (Lipinski definition) is 6. The second kappa shape index (κ2) is 14.1. The van der Waals surface area contributed by atoms with E-state index in [1.165, 1.54) is 12.0 Å². The molecule has 12 heteroatoms. The Morgan fingerprint density at radius 2 is 1.72 bits per heavy atom. The van der Waals surface area contributed by atoms with E-state index in [1.54, 1.807) is 18.2 Å². The molecule has 3 amide bonds. The van der Waals surface area contributed by atoms with E-state index in [0.717, 1.165) is 12.1 Å². The summed E-state index contributed by atoms with van der Waals surface area (Å²) >= 11 is 0. The molecular formula is C27H33ClF2N4O5. The molecule has 0 spiro atoms. The van der Waals surface area contributed by atoms with Gasteiger partial charge in [-0.1, -0.05) is 0 Å². The van der Waals surface area contributed by atoms with E-state index < -0.39 is 23.6 Å². The molecule has 0 aliphatic carbocycles. The third-order valence-corrected chi connectivity index (χ3v) is 6.57. The third-order valence-electron chi connectivity index (χ3n) is 6.57. The van der Waals surface area contributed by atoms with E-state index in [-0.39, 0.29) is 49.0 Å². The maximum Gasteiger partial charge on any atom is 0.254 e. The van der Waals surface area contributed by atoms with Crippen LogP contribution in [-0.2, 0) is 4.79 Å². The average molecular weight is 567 g/mol. The van der Waals surface area contributed by atoms with Crippen molar-refractivity contribution < 1.29 is 32.6 Å². The van der Waals surface area contributed by atoms with Crippen LogP contribution in [0.2, 0.25) is 0 Å². The van der Waals surface area contributed by atoms with Gasteiger partial charge in [-0.15, -0.1) is 12.4 Å². The number of benzene rings is 2. The summed E-state index contributed by atoms with van der Waals surface area (Å²) < 4.78 is 38.9. The first-order valence-corrected chi connectivity index (χ1v) is 12.7. The first-order valence-electron chi connectivity index (χ1n) is 12.7. The summed E-state index contributed by atoms with van der Waals surface area (Å²) in [7, 11) is 1.51. The predicted molar refractivity (Wildman–Crippen MR) is 143 cm³/mol. The normalized spacial score (nSPS) is 20.7. The average Bonchev–Trinajstić information content (AvgIpc) is 3.36. The van der Waals surface area contributed by atoms with E-state index in [2.05, 4.69) is 16.0 Å². The Morgan fingerprint density at radius 1 is 1.00 bits per heavy atom. The Balaban J connectivity index is 0.00000420. The maximum absolute atomic E-state index is 13.7. The molecule has 2 aliphatic rings. The lowest BCUT2D eigenvalue weighted by Gasteiger charge is -2.23. The Morgan fingerprint density at radius 3 is 2.46 bits per heavy atom. The van der Waals surface area contributed by atoms with Gasteiger partial charge in [0.15, 0.2) is 11.5 Å². The van der Waals surface area contributed by atoms with E-state index >= 15 is 0 Å². The summed E-state index contributed by atoms with van der Waals surface area (Å²) in [6.07, 6.45) is 1.80. The minimum absolute atomic E-state index is 0. The lowest BCUT2D eigenvalue weighted by Crippen LogP contribution is -2.41. The molecule has 4 bridgehead atoms. The summed E-state index contributed by atoms with van der Waals surface area (Å²) in [6, 6.07) is 7.19. The molecule has 39 heavy (non-hydrogen) atoms. The van der Waals surface area contributed by atoms with Crippen molar-refractivity contribution >= 4 is 30.1 Å². The number of halogens is 3. The molecule has 2 atom stereocenters. The fourth-order valence-corrected chi connectivity index (χ4v) is 4.59. The molecule has 2 aliphatic heterocycles. The number of amides is 3. The first kappa shape index (κ1) is 30.1. The van der Waals surface area contributed by atoms with Gasteiger partial charge in [0.25, 0.3) is 11.8 Å². The smallest absolute Gasteiger partial charge is 0.254 e. The molecule has 0 radical (unpaired) electrons. The maximum atomic E-state index is 13.7. The van der Waals surface area contributed by atoms with E-state index in [0.29, 0.717) is 68.4 Å². The Labute approximate surface area is 232 Å². The molecule has 2 aromatic rings. The molecule has 0 saturated carbocycles. The van der Waals surface area contributed by atoms with Crippen molar-refractivity contribution in [3.05, 3.63) is 59.2 Å². The summed E-state index contributed by atoms with van der Waals surface area (Å²) in [6.45, 7) is 1.78. The zero-order chi connectivity index (χ0) is 27.1. The monoisotopic (exact) mass is 566 g/mol. The number of nitrogens with zero attached hydrogens (tertiary/aromatic N) is 1. The highest BCUT2D eigenvalue weighted by Gasteiger charge is 2.31. The van der Waals surface area contributed by atoms with E-state index in [4.69, 9.17) is 9.47 Å². The van der Waals surface area contributed by atoms with Crippen LogP contribution in [-0.4, -0.2) is 74.6 Å². The van der Waals surface area contributed by atoms with Crippen LogP contribution in [0.3, 0.4) is 0 Å². The molecule has 2 heterocycles. The van der Waals surface area contributed by atoms with Crippen LogP contribution in [0.1, 0.15) is 46.4 Å². The van der Waals surface area contributed by atoms with Crippen molar-refractivity contribution in [2.45, 2.75) is 37.8 Å². The van der Waals surface area contributed by atoms with Crippen molar-refractivity contribution in [1.29, 1.82) is 0 Å². The molecule has 212 valence electrons. The highest BCUT2D eigenvalue weighted by molar-refractivity contribution is 5.95. The quantitative estimate of drug-likeness (QED) is 0.516. The first-order chi connectivity index (χ1) is 18.3. The zero-order valence-electron chi connectivity index (χ0n) is 21.6. The number of carbonyl (C=O) groups is 3. The number of ether oxygens (including phenoxy) is 2. The Bertz CT molecular complexity index is 1160. The van der Waals surface area contributed by atoms with Gasteiger partial charge in [0, 0.05) is 56.3 Å². The number of carbonyl (C=O) groups excluding carboxylic acids is 3. The fourth-order valence-electron chi connectivity index (χ4n) is 4.59. The fraction of sp³-hybridized carbons (Fsp3) is 0.444. The lowest BCUT2D eigenvalue weighted by atomic mass is 10.1.